The van der Waals surface area contributed by atoms with E-state index in [4.69, 9.17) is 23.2 Å². The van der Waals surface area contributed by atoms with Crippen molar-refractivity contribution in [2.24, 2.45) is 0 Å². The SMILES string of the molecule is ClCc1ccc(-c2cccnc2Cl)nn1. The van der Waals surface area contributed by atoms with Gasteiger partial charge in [-0.3, -0.25) is 0 Å². The maximum Gasteiger partial charge on any atom is 0.138 e. The van der Waals surface area contributed by atoms with Crippen LogP contribution in [0.15, 0.2) is 30.5 Å². The summed E-state index contributed by atoms with van der Waals surface area (Å²) in [5.74, 6) is 0.355. The van der Waals surface area contributed by atoms with Gasteiger partial charge in [-0.25, -0.2) is 4.98 Å². The molecule has 0 aliphatic heterocycles. The molecule has 15 heavy (non-hydrogen) atoms. The first-order valence-corrected chi connectivity index (χ1v) is 5.22. The minimum absolute atomic E-state index is 0.355. The van der Waals surface area contributed by atoms with Crippen LogP contribution in [0.4, 0.5) is 0 Å². The first kappa shape index (κ1) is 10.3. The first-order chi connectivity index (χ1) is 7.31. The van der Waals surface area contributed by atoms with E-state index >= 15 is 0 Å². The zero-order chi connectivity index (χ0) is 10.7. The molecule has 0 fully saturated rings. The third-order valence-corrected chi connectivity index (χ3v) is 2.47. The highest BCUT2D eigenvalue weighted by atomic mass is 35.5. The summed E-state index contributed by atoms with van der Waals surface area (Å²) in [5, 5.41) is 8.39. The van der Waals surface area contributed by atoms with E-state index in [1.165, 1.54) is 0 Å². The van der Waals surface area contributed by atoms with E-state index in [0.29, 0.717) is 16.7 Å². The first-order valence-electron chi connectivity index (χ1n) is 4.30. The second-order valence-corrected chi connectivity index (χ2v) is 3.51. The smallest absolute Gasteiger partial charge is 0.138 e. The van der Waals surface area contributed by atoms with Crippen molar-refractivity contribution in [1.29, 1.82) is 0 Å². The molecule has 0 atom stereocenters. The lowest BCUT2D eigenvalue weighted by atomic mass is 10.2. The summed E-state index contributed by atoms with van der Waals surface area (Å²) >= 11 is 11.5. The molecule has 5 heteroatoms. The Morgan fingerprint density at radius 2 is 2.00 bits per heavy atom. The lowest BCUT2D eigenvalue weighted by molar-refractivity contribution is 0.974. The quantitative estimate of drug-likeness (QED) is 0.598. The van der Waals surface area contributed by atoms with Gasteiger partial charge in [-0.2, -0.15) is 10.2 Å². The summed E-state index contributed by atoms with van der Waals surface area (Å²) in [4.78, 5) is 3.97. The van der Waals surface area contributed by atoms with Crippen molar-refractivity contribution in [2.75, 3.05) is 0 Å². The summed E-state index contributed by atoms with van der Waals surface area (Å²) in [6.07, 6.45) is 1.63. The van der Waals surface area contributed by atoms with Crippen molar-refractivity contribution in [3.8, 4) is 11.3 Å². The molecule has 0 radical (unpaired) electrons. The Labute approximate surface area is 97.1 Å². The third kappa shape index (κ3) is 2.25. The highest BCUT2D eigenvalue weighted by molar-refractivity contribution is 6.32. The van der Waals surface area contributed by atoms with Crippen molar-refractivity contribution in [2.45, 2.75) is 5.88 Å². The Morgan fingerprint density at radius 1 is 1.13 bits per heavy atom. The lowest BCUT2D eigenvalue weighted by Crippen LogP contribution is -1.92. The van der Waals surface area contributed by atoms with E-state index in [1.807, 2.05) is 18.2 Å². The van der Waals surface area contributed by atoms with E-state index in [2.05, 4.69) is 15.2 Å². The molecule has 0 spiro atoms. The monoisotopic (exact) mass is 239 g/mol. The van der Waals surface area contributed by atoms with Crippen molar-refractivity contribution in [1.82, 2.24) is 15.2 Å². The topological polar surface area (TPSA) is 38.7 Å². The van der Waals surface area contributed by atoms with Crippen LogP contribution in [0, 0.1) is 0 Å². The molecule has 0 saturated heterocycles. The van der Waals surface area contributed by atoms with Crippen LogP contribution in [0.25, 0.3) is 11.3 Å². The molecule has 0 aliphatic carbocycles. The van der Waals surface area contributed by atoms with Gasteiger partial charge in [0.25, 0.3) is 0 Å². The second kappa shape index (κ2) is 4.55. The molecule has 2 aromatic heterocycles. The van der Waals surface area contributed by atoms with Crippen molar-refractivity contribution >= 4 is 23.2 Å². The van der Waals surface area contributed by atoms with Gasteiger partial charge in [0, 0.05) is 11.8 Å². The number of hydrogen-bond donors (Lipinski definition) is 0. The fourth-order valence-corrected chi connectivity index (χ4v) is 1.51. The molecule has 0 unspecified atom stereocenters. The highest BCUT2D eigenvalue weighted by Crippen LogP contribution is 2.23. The third-order valence-electron chi connectivity index (χ3n) is 1.89. The van der Waals surface area contributed by atoms with Crippen LogP contribution in [0.2, 0.25) is 5.15 Å². The Hall–Kier alpha value is -1.19. The van der Waals surface area contributed by atoms with Gasteiger partial charge in [-0.05, 0) is 24.3 Å². The van der Waals surface area contributed by atoms with Gasteiger partial charge >= 0.3 is 0 Å². The number of halogens is 2. The van der Waals surface area contributed by atoms with Crippen molar-refractivity contribution < 1.29 is 0 Å². The fourth-order valence-electron chi connectivity index (χ4n) is 1.15. The van der Waals surface area contributed by atoms with E-state index in [9.17, 15) is 0 Å². The van der Waals surface area contributed by atoms with Gasteiger partial charge in [0.1, 0.15) is 5.15 Å². The molecule has 0 bridgehead atoms. The van der Waals surface area contributed by atoms with Gasteiger partial charge in [0.2, 0.25) is 0 Å². The molecule has 3 nitrogen and oxygen atoms in total. The molecular weight excluding hydrogens is 233 g/mol. The van der Waals surface area contributed by atoms with E-state index in [-0.39, 0.29) is 0 Å². The number of pyridine rings is 1. The standard InChI is InChI=1S/C10H7Cl2N3/c11-6-7-3-4-9(15-14-7)8-2-1-5-13-10(8)12/h1-5H,6H2. The molecule has 76 valence electrons. The van der Waals surface area contributed by atoms with Gasteiger partial charge in [-0.1, -0.05) is 11.6 Å². The Balaban J connectivity index is 2.42. The van der Waals surface area contributed by atoms with Crippen LogP contribution in [0.3, 0.4) is 0 Å². The molecule has 0 aliphatic rings. The molecule has 2 heterocycles. The lowest BCUT2D eigenvalue weighted by Gasteiger charge is -2.01. The number of rotatable bonds is 2. The number of hydrogen-bond acceptors (Lipinski definition) is 3. The van der Waals surface area contributed by atoms with Crippen molar-refractivity contribution in [3.05, 3.63) is 41.3 Å². The van der Waals surface area contributed by atoms with Crippen LogP contribution in [0.5, 0.6) is 0 Å². The Bertz CT molecular complexity index is 456. The van der Waals surface area contributed by atoms with Gasteiger partial charge < -0.3 is 0 Å². The van der Waals surface area contributed by atoms with Gasteiger partial charge in [-0.15, -0.1) is 11.6 Å². The summed E-state index contributed by atoms with van der Waals surface area (Å²) in [7, 11) is 0. The van der Waals surface area contributed by atoms with Crippen LogP contribution in [-0.4, -0.2) is 15.2 Å². The largest absolute Gasteiger partial charge is 0.244 e. The maximum atomic E-state index is 5.93. The molecule has 0 amide bonds. The predicted octanol–water partition coefficient (Wildman–Crippen LogP) is 2.93. The van der Waals surface area contributed by atoms with E-state index in [0.717, 1.165) is 11.3 Å². The van der Waals surface area contributed by atoms with Crippen LogP contribution < -0.4 is 0 Å². The van der Waals surface area contributed by atoms with Crippen LogP contribution >= 0.6 is 23.2 Å². The minimum atomic E-state index is 0.355. The second-order valence-electron chi connectivity index (χ2n) is 2.89. The summed E-state index contributed by atoms with van der Waals surface area (Å²) in [6.45, 7) is 0. The zero-order valence-corrected chi connectivity index (χ0v) is 9.20. The Kier molecular flexibility index (Phi) is 3.14. The average molecular weight is 240 g/mol. The number of alkyl halides is 1. The van der Waals surface area contributed by atoms with Crippen molar-refractivity contribution in [3.63, 3.8) is 0 Å². The summed E-state index contributed by atoms with van der Waals surface area (Å²) in [6, 6.07) is 7.30. The van der Waals surface area contributed by atoms with E-state index < -0.39 is 0 Å². The molecular formula is C10H7Cl2N3. The zero-order valence-electron chi connectivity index (χ0n) is 7.69. The summed E-state index contributed by atoms with van der Waals surface area (Å²) in [5.41, 5.74) is 2.20. The van der Waals surface area contributed by atoms with Crippen LogP contribution in [0.1, 0.15) is 5.69 Å². The number of aromatic nitrogens is 3. The normalized spacial score (nSPS) is 10.3. The van der Waals surface area contributed by atoms with Gasteiger partial charge in [0.15, 0.2) is 0 Å². The van der Waals surface area contributed by atoms with Gasteiger partial charge in [0.05, 0.1) is 17.3 Å². The molecule has 0 saturated carbocycles. The predicted molar refractivity (Wildman–Crippen MR) is 59.8 cm³/mol. The van der Waals surface area contributed by atoms with Crippen LogP contribution in [-0.2, 0) is 5.88 Å². The molecule has 2 aromatic rings. The highest BCUT2D eigenvalue weighted by Gasteiger charge is 2.05. The molecule has 0 N–H and O–H groups in total. The average Bonchev–Trinajstić information content (AvgIpc) is 2.30. The maximum absolute atomic E-state index is 5.93. The minimum Gasteiger partial charge on any atom is -0.244 e. The molecule has 0 aromatic carbocycles. The Morgan fingerprint density at radius 3 is 2.60 bits per heavy atom. The molecule has 2 rings (SSSR count). The number of nitrogens with zero attached hydrogens (tertiary/aromatic N) is 3. The fraction of sp³-hybridized carbons (Fsp3) is 0.100. The van der Waals surface area contributed by atoms with E-state index in [1.54, 1.807) is 12.3 Å². The summed E-state index contributed by atoms with van der Waals surface area (Å²) < 4.78 is 0.